The van der Waals surface area contributed by atoms with E-state index < -0.39 is 0 Å². The first-order valence-electron chi connectivity index (χ1n) is 7.12. The normalized spacial score (nSPS) is 10.4. The lowest BCUT2D eigenvalue weighted by molar-refractivity contribution is 0.339. The van der Waals surface area contributed by atoms with Crippen LogP contribution in [0.3, 0.4) is 0 Å². The number of hydrogen-bond acceptors (Lipinski definition) is 3. The van der Waals surface area contributed by atoms with Gasteiger partial charge in [0.15, 0.2) is 0 Å². The molecule has 0 aliphatic rings. The molecular formula is C17H20ClNO2. The molecule has 2 aromatic rings. The molecule has 0 spiro atoms. The van der Waals surface area contributed by atoms with Crippen LogP contribution in [0.2, 0.25) is 5.02 Å². The van der Waals surface area contributed by atoms with Crippen LogP contribution in [0.15, 0.2) is 42.5 Å². The molecule has 3 nitrogen and oxygen atoms in total. The first kappa shape index (κ1) is 15.7. The lowest BCUT2D eigenvalue weighted by atomic mass is 10.2. The second kappa shape index (κ2) is 7.91. The minimum atomic E-state index is 0.656. The van der Waals surface area contributed by atoms with Crippen molar-refractivity contribution in [3.63, 3.8) is 0 Å². The first-order chi connectivity index (χ1) is 10.2. The Labute approximate surface area is 130 Å². The molecule has 0 saturated heterocycles. The molecule has 0 aliphatic heterocycles. The minimum absolute atomic E-state index is 0.656. The zero-order valence-electron chi connectivity index (χ0n) is 12.4. The third-order valence-electron chi connectivity index (χ3n) is 2.96. The Morgan fingerprint density at radius 3 is 2.24 bits per heavy atom. The average molecular weight is 306 g/mol. The van der Waals surface area contributed by atoms with Gasteiger partial charge in [0.25, 0.3) is 0 Å². The molecule has 0 bridgehead atoms. The molecular weight excluding hydrogens is 286 g/mol. The van der Waals surface area contributed by atoms with E-state index in [1.807, 2.05) is 49.4 Å². The third-order valence-corrected chi connectivity index (χ3v) is 3.31. The standard InChI is InChI=1S/C17H20ClNO2/c1-3-19-12-13-5-6-16(11-17(13)18)21-15-9-7-14(8-10-15)20-4-2/h5-11,19H,3-4,12H2,1-2H3. The molecule has 112 valence electrons. The van der Waals surface area contributed by atoms with Gasteiger partial charge >= 0.3 is 0 Å². The molecule has 0 radical (unpaired) electrons. The Kier molecular flexibility index (Phi) is 5.90. The highest BCUT2D eigenvalue weighted by Gasteiger charge is 2.04. The van der Waals surface area contributed by atoms with E-state index in [1.165, 1.54) is 0 Å². The number of hydrogen-bond donors (Lipinski definition) is 1. The van der Waals surface area contributed by atoms with Crippen LogP contribution in [0.1, 0.15) is 19.4 Å². The fourth-order valence-corrected chi connectivity index (χ4v) is 2.14. The number of halogens is 1. The smallest absolute Gasteiger partial charge is 0.128 e. The monoisotopic (exact) mass is 305 g/mol. The van der Waals surface area contributed by atoms with Gasteiger partial charge in [-0.05, 0) is 55.4 Å². The van der Waals surface area contributed by atoms with E-state index in [4.69, 9.17) is 21.1 Å². The van der Waals surface area contributed by atoms with Crippen molar-refractivity contribution in [2.45, 2.75) is 20.4 Å². The van der Waals surface area contributed by atoms with Crippen LogP contribution in [-0.2, 0) is 6.54 Å². The molecule has 1 N–H and O–H groups in total. The van der Waals surface area contributed by atoms with Crippen molar-refractivity contribution in [3.8, 4) is 17.2 Å². The SMILES string of the molecule is CCNCc1ccc(Oc2ccc(OCC)cc2)cc1Cl. The summed E-state index contributed by atoms with van der Waals surface area (Å²) in [7, 11) is 0. The van der Waals surface area contributed by atoms with Gasteiger partial charge in [-0.1, -0.05) is 24.6 Å². The predicted molar refractivity (Wildman–Crippen MR) is 86.5 cm³/mol. The van der Waals surface area contributed by atoms with E-state index >= 15 is 0 Å². The van der Waals surface area contributed by atoms with Crippen molar-refractivity contribution >= 4 is 11.6 Å². The fraction of sp³-hybridized carbons (Fsp3) is 0.294. The minimum Gasteiger partial charge on any atom is -0.494 e. The van der Waals surface area contributed by atoms with Gasteiger partial charge in [0, 0.05) is 11.6 Å². The van der Waals surface area contributed by atoms with Gasteiger partial charge < -0.3 is 14.8 Å². The Morgan fingerprint density at radius 1 is 0.952 bits per heavy atom. The molecule has 0 aromatic heterocycles. The Balaban J connectivity index is 2.03. The summed E-state index contributed by atoms with van der Waals surface area (Å²) in [5.41, 5.74) is 1.07. The van der Waals surface area contributed by atoms with Gasteiger partial charge in [0.05, 0.1) is 6.61 Å². The molecule has 0 atom stereocenters. The highest BCUT2D eigenvalue weighted by molar-refractivity contribution is 6.31. The molecule has 4 heteroatoms. The summed E-state index contributed by atoms with van der Waals surface area (Å²) in [5.74, 6) is 2.32. The number of ether oxygens (including phenoxy) is 2. The van der Waals surface area contributed by atoms with Gasteiger partial charge in [0.1, 0.15) is 17.2 Å². The summed E-state index contributed by atoms with van der Waals surface area (Å²) >= 11 is 6.26. The molecule has 0 fully saturated rings. The highest BCUT2D eigenvalue weighted by Crippen LogP contribution is 2.28. The van der Waals surface area contributed by atoms with E-state index in [9.17, 15) is 0 Å². The molecule has 2 rings (SSSR count). The highest BCUT2D eigenvalue weighted by atomic mass is 35.5. The van der Waals surface area contributed by atoms with E-state index in [-0.39, 0.29) is 0 Å². The molecule has 0 unspecified atom stereocenters. The summed E-state index contributed by atoms with van der Waals surface area (Å²) < 4.78 is 11.2. The lowest BCUT2D eigenvalue weighted by Gasteiger charge is -2.10. The van der Waals surface area contributed by atoms with Crippen LogP contribution in [0.25, 0.3) is 0 Å². The van der Waals surface area contributed by atoms with E-state index in [2.05, 4.69) is 12.2 Å². The van der Waals surface area contributed by atoms with Crippen LogP contribution in [0, 0.1) is 0 Å². The van der Waals surface area contributed by atoms with Crippen molar-refractivity contribution in [3.05, 3.63) is 53.1 Å². The van der Waals surface area contributed by atoms with Gasteiger partial charge in [-0.25, -0.2) is 0 Å². The van der Waals surface area contributed by atoms with Gasteiger partial charge in [-0.2, -0.15) is 0 Å². The predicted octanol–water partition coefficient (Wildman–Crippen LogP) is 4.64. The molecule has 0 heterocycles. The third kappa shape index (κ3) is 4.66. The summed E-state index contributed by atoms with van der Waals surface area (Å²) in [6.07, 6.45) is 0. The Morgan fingerprint density at radius 2 is 1.62 bits per heavy atom. The average Bonchev–Trinajstić information content (AvgIpc) is 2.49. The first-order valence-corrected chi connectivity index (χ1v) is 7.50. The summed E-state index contributed by atoms with van der Waals surface area (Å²) in [6, 6.07) is 13.3. The van der Waals surface area contributed by atoms with Crippen LogP contribution in [-0.4, -0.2) is 13.2 Å². The molecule has 0 aliphatic carbocycles. The maximum atomic E-state index is 6.26. The molecule has 0 saturated carbocycles. The van der Waals surface area contributed by atoms with Crippen molar-refractivity contribution in [2.75, 3.05) is 13.2 Å². The molecule has 0 amide bonds. The molecule has 2 aromatic carbocycles. The maximum Gasteiger partial charge on any atom is 0.128 e. The van der Waals surface area contributed by atoms with Crippen LogP contribution < -0.4 is 14.8 Å². The van der Waals surface area contributed by atoms with Crippen LogP contribution in [0.4, 0.5) is 0 Å². The summed E-state index contributed by atoms with van der Waals surface area (Å²) in [5, 5.41) is 3.96. The fourth-order valence-electron chi connectivity index (χ4n) is 1.90. The van der Waals surface area contributed by atoms with Gasteiger partial charge in [-0.3, -0.25) is 0 Å². The van der Waals surface area contributed by atoms with E-state index in [0.717, 1.165) is 35.9 Å². The zero-order valence-corrected chi connectivity index (χ0v) is 13.1. The Bertz CT molecular complexity index is 570. The quantitative estimate of drug-likeness (QED) is 0.808. The second-order valence-corrected chi connectivity index (χ2v) is 4.95. The van der Waals surface area contributed by atoms with Crippen molar-refractivity contribution < 1.29 is 9.47 Å². The summed E-state index contributed by atoms with van der Waals surface area (Å²) in [4.78, 5) is 0. The van der Waals surface area contributed by atoms with Gasteiger partial charge in [-0.15, -0.1) is 0 Å². The second-order valence-electron chi connectivity index (χ2n) is 4.54. The number of benzene rings is 2. The van der Waals surface area contributed by atoms with Crippen LogP contribution >= 0.6 is 11.6 Å². The van der Waals surface area contributed by atoms with E-state index in [1.54, 1.807) is 0 Å². The molecule has 21 heavy (non-hydrogen) atoms. The maximum absolute atomic E-state index is 6.26. The Hall–Kier alpha value is -1.71. The topological polar surface area (TPSA) is 30.5 Å². The number of rotatable bonds is 7. The van der Waals surface area contributed by atoms with Crippen molar-refractivity contribution in [1.29, 1.82) is 0 Å². The van der Waals surface area contributed by atoms with Crippen molar-refractivity contribution in [1.82, 2.24) is 5.32 Å². The lowest BCUT2D eigenvalue weighted by Crippen LogP contribution is -2.11. The largest absolute Gasteiger partial charge is 0.494 e. The van der Waals surface area contributed by atoms with Gasteiger partial charge in [0.2, 0.25) is 0 Å². The van der Waals surface area contributed by atoms with Crippen molar-refractivity contribution in [2.24, 2.45) is 0 Å². The van der Waals surface area contributed by atoms with Crippen LogP contribution in [0.5, 0.6) is 17.2 Å². The van der Waals surface area contributed by atoms with E-state index in [0.29, 0.717) is 11.6 Å². The summed E-state index contributed by atoms with van der Waals surface area (Å²) in [6.45, 7) is 6.36. The number of nitrogens with one attached hydrogen (secondary N) is 1. The zero-order chi connectivity index (χ0) is 15.1.